The van der Waals surface area contributed by atoms with Crippen molar-refractivity contribution in [2.75, 3.05) is 13.7 Å². The zero-order valence-corrected chi connectivity index (χ0v) is 14.7. The maximum Gasteiger partial charge on any atom is 0.342 e. The Morgan fingerprint density at radius 1 is 1.33 bits per heavy atom. The van der Waals surface area contributed by atoms with E-state index in [1.165, 1.54) is 7.11 Å². The van der Waals surface area contributed by atoms with Gasteiger partial charge in [-0.25, -0.2) is 17.9 Å². The minimum atomic E-state index is -3.93. The molecule has 2 aromatic rings. The van der Waals surface area contributed by atoms with Gasteiger partial charge >= 0.3 is 5.97 Å². The molecule has 0 aliphatic carbocycles. The third-order valence-electron chi connectivity index (χ3n) is 3.75. The van der Waals surface area contributed by atoms with Crippen LogP contribution in [-0.2, 0) is 21.2 Å². The summed E-state index contributed by atoms with van der Waals surface area (Å²) in [5, 5.41) is 6.07. The lowest BCUT2D eigenvalue weighted by molar-refractivity contribution is 0.0595. The fraction of sp³-hybridized carbons (Fsp3) is 0.375. The Balaban J connectivity index is 2.22. The molecule has 0 unspecified atom stereocenters. The largest absolute Gasteiger partial charge is 0.465 e. The second-order valence-electron chi connectivity index (χ2n) is 5.39. The number of methoxy groups -OCH3 is 1. The van der Waals surface area contributed by atoms with Crippen LogP contribution in [0.15, 0.2) is 35.4 Å². The van der Waals surface area contributed by atoms with E-state index in [-0.39, 0.29) is 23.1 Å². The van der Waals surface area contributed by atoms with E-state index in [2.05, 4.69) is 19.7 Å². The van der Waals surface area contributed by atoms with E-state index in [0.717, 1.165) is 5.56 Å². The molecular weight excluding hydrogens is 330 g/mol. The summed E-state index contributed by atoms with van der Waals surface area (Å²) >= 11 is 0. The molecule has 0 saturated heterocycles. The highest BCUT2D eigenvalue weighted by atomic mass is 32.2. The van der Waals surface area contributed by atoms with Crippen molar-refractivity contribution in [2.24, 2.45) is 0 Å². The van der Waals surface area contributed by atoms with Gasteiger partial charge in [-0.2, -0.15) is 5.10 Å². The van der Waals surface area contributed by atoms with E-state index in [4.69, 9.17) is 0 Å². The van der Waals surface area contributed by atoms with Crippen molar-refractivity contribution in [2.45, 2.75) is 31.2 Å². The van der Waals surface area contributed by atoms with Crippen molar-refractivity contribution >= 4 is 16.0 Å². The minimum Gasteiger partial charge on any atom is -0.465 e. The average molecular weight is 351 g/mol. The van der Waals surface area contributed by atoms with Gasteiger partial charge in [0.05, 0.1) is 12.8 Å². The van der Waals surface area contributed by atoms with Crippen LogP contribution in [0.3, 0.4) is 0 Å². The van der Waals surface area contributed by atoms with Crippen molar-refractivity contribution in [3.63, 3.8) is 0 Å². The molecule has 0 radical (unpaired) electrons. The number of hydrogen-bond acceptors (Lipinski definition) is 5. The molecule has 1 atom stereocenters. The second-order valence-corrected chi connectivity index (χ2v) is 7.07. The summed E-state index contributed by atoms with van der Waals surface area (Å²) in [7, 11) is -2.73. The van der Waals surface area contributed by atoms with Crippen LogP contribution in [0.2, 0.25) is 0 Å². The molecular formula is C16H21N3O4S. The fourth-order valence-electron chi connectivity index (χ4n) is 2.32. The Labute approximate surface area is 141 Å². The Morgan fingerprint density at radius 2 is 2.00 bits per heavy atom. The number of hydrogen-bond donors (Lipinski definition) is 2. The van der Waals surface area contributed by atoms with Crippen molar-refractivity contribution in [3.8, 4) is 0 Å². The van der Waals surface area contributed by atoms with Crippen LogP contribution in [0.4, 0.5) is 0 Å². The van der Waals surface area contributed by atoms with Gasteiger partial charge in [0.1, 0.15) is 5.56 Å². The van der Waals surface area contributed by atoms with Gasteiger partial charge in [0.2, 0.25) is 5.03 Å². The summed E-state index contributed by atoms with van der Waals surface area (Å²) in [6.07, 6.45) is 0.438. The monoisotopic (exact) mass is 351 g/mol. The lowest BCUT2D eigenvalue weighted by atomic mass is 10.0. The third kappa shape index (κ3) is 3.82. The van der Waals surface area contributed by atoms with Gasteiger partial charge in [-0.05, 0) is 17.9 Å². The lowest BCUT2D eigenvalue weighted by Crippen LogP contribution is -2.29. The van der Waals surface area contributed by atoms with E-state index in [1.54, 1.807) is 6.92 Å². The number of rotatable bonds is 7. The van der Waals surface area contributed by atoms with Crippen molar-refractivity contribution in [3.05, 3.63) is 47.2 Å². The fourth-order valence-corrected chi connectivity index (χ4v) is 3.57. The van der Waals surface area contributed by atoms with E-state index in [9.17, 15) is 13.2 Å². The number of ether oxygens (including phenoxy) is 1. The van der Waals surface area contributed by atoms with Crippen molar-refractivity contribution in [1.29, 1.82) is 0 Å². The number of nitrogens with zero attached hydrogens (tertiary/aromatic N) is 1. The number of aryl methyl sites for hydroxylation is 1. The zero-order valence-electron chi connectivity index (χ0n) is 13.9. The molecule has 0 amide bonds. The molecule has 0 bridgehead atoms. The van der Waals surface area contributed by atoms with Crippen LogP contribution >= 0.6 is 0 Å². The van der Waals surface area contributed by atoms with E-state index < -0.39 is 16.0 Å². The first-order valence-corrected chi connectivity index (χ1v) is 9.09. The number of esters is 1. The van der Waals surface area contributed by atoms with E-state index in [1.807, 2.05) is 37.3 Å². The van der Waals surface area contributed by atoms with Crippen molar-refractivity contribution < 1.29 is 17.9 Å². The highest BCUT2D eigenvalue weighted by Crippen LogP contribution is 2.20. The molecule has 1 heterocycles. The molecule has 130 valence electrons. The number of carbonyl (C=O) groups is 1. The average Bonchev–Trinajstić information content (AvgIpc) is 3.04. The molecule has 2 N–H and O–H groups in total. The number of benzene rings is 1. The number of carbonyl (C=O) groups excluding carboxylic acids is 1. The van der Waals surface area contributed by atoms with E-state index in [0.29, 0.717) is 12.1 Å². The number of sulfonamides is 1. The molecule has 0 spiro atoms. The summed E-state index contributed by atoms with van der Waals surface area (Å²) in [5.74, 6) is -0.746. The Morgan fingerprint density at radius 3 is 2.58 bits per heavy atom. The molecule has 7 nitrogen and oxygen atoms in total. The maximum absolute atomic E-state index is 12.5. The van der Waals surface area contributed by atoms with Gasteiger partial charge in [-0.3, -0.25) is 5.10 Å². The Bertz CT molecular complexity index is 800. The standard InChI is InChI=1S/C16H21N3O4S/c1-4-13-14(16(20)23-3)15(19-18-13)24(21,22)17-10-11(2)12-8-6-5-7-9-12/h5-9,11,17H,4,10H2,1-3H3,(H,18,19)/t11-/m1/s1. The molecule has 1 aromatic heterocycles. The van der Waals surface area contributed by atoms with Crippen LogP contribution < -0.4 is 4.72 Å². The first-order chi connectivity index (χ1) is 11.4. The van der Waals surface area contributed by atoms with Crippen LogP contribution in [0.5, 0.6) is 0 Å². The van der Waals surface area contributed by atoms with Crippen LogP contribution in [0.1, 0.15) is 41.4 Å². The van der Waals surface area contributed by atoms with Gasteiger partial charge < -0.3 is 4.74 Å². The van der Waals surface area contributed by atoms with Crippen molar-refractivity contribution in [1.82, 2.24) is 14.9 Å². The highest BCUT2D eigenvalue weighted by Gasteiger charge is 2.29. The number of aromatic nitrogens is 2. The smallest absolute Gasteiger partial charge is 0.342 e. The van der Waals surface area contributed by atoms with Gasteiger partial charge in [0.25, 0.3) is 10.0 Å². The summed E-state index contributed by atoms with van der Waals surface area (Å²) in [6, 6.07) is 9.57. The maximum atomic E-state index is 12.5. The first kappa shape index (κ1) is 18.2. The molecule has 8 heteroatoms. The number of aromatic amines is 1. The van der Waals surface area contributed by atoms with Crippen LogP contribution in [0.25, 0.3) is 0 Å². The molecule has 0 aliphatic rings. The second kappa shape index (κ2) is 7.59. The third-order valence-corrected chi connectivity index (χ3v) is 5.11. The normalized spacial score (nSPS) is 12.8. The quantitative estimate of drug-likeness (QED) is 0.741. The number of nitrogens with one attached hydrogen (secondary N) is 2. The SMILES string of the molecule is CCc1[nH]nc(S(=O)(=O)NC[C@@H](C)c2ccccc2)c1C(=O)OC. The molecule has 0 fully saturated rings. The molecule has 1 aromatic carbocycles. The zero-order chi connectivity index (χ0) is 17.7. The van der Waals surface area contributed by atoms with Gasteiger partial charge in [-0.1, -0.05) is 44.2 Å². The predicted octanol–water partition coefficient (Wildman–Crippen LogP) is 1.84. The predicted molar refractivity (Wildman–Crippen MR) is 89.4 cm³/mol. The van der Waals surface area contributed by atoms with E-state index >= 15 is 0 Å². The van der Waals surface area contributed by atoms with Gasteiger partial charge in [0, 0.05) is 6.54 Å². The molecule has 0 saturated carbocycles. The highest BCUT2D eigenvalue weighted by molar-refractivity contribution is 7.89. The Kier molecular flexibility index (Phi) is 5.74. The summed E-state index contributed by atoms with van der Waals surface area (Å²) in [4.78, 5) is 11.9. The molecule has 24 heavy (non-hydrogen) atoms. The summed E-state index contributed by atoms with van der Waals surface area (Å²) in [5.41, 5.74) is 1.41. The summed E-state index contributed by atoms with van der Waals surface area (Å²) in [6.45, 7) is 3.91. The number of H-pyrrole nitrogens is 1. The van der Waals surface area contributed by atoms with Gasteiger partial charge in [0.15, 0.2) is 0 Å². The minimum absolute atomic E-state index is 0.0212. The summed E-state index contributed by atoms with van der Waals surface area (Å²) < 4.78 is 32.3. The first-order valence-electron chi connectivity index (χ1n) is 7.60. The molecule has 2 rings (SSSR count). The van der Waals surface area contributed by atoms with Gasteiger partial charge in [-0.15, -0.1) is 0 Å². The Hall–Kier alpha value is -2.19. The van der Waals surface area contributed by atoms with Crippen LogP contribution in [-0.4, -0.2) is 38.2 Å². The molecule has 0 aliphatic heterocycles. The topological polar surface area (TPSA) is 101 Å². The lowest BCUT2D eigenvalue weighted by Gasteiger charge is -2.13. The van der Waals surface area contributed by atoms with Crippen LogP contribution in [0, 0.1) is 0 Å².